The summed E-state index contributed by atoms with van der Waals surface area (Å²) in [6, 6.07) is 10.8. The first kappa shape index (κ1) is 15.4. The summed E-state index contributed by atoms with van der Waals surface area (Å²) in [7, 11) is 2.05. The van der Waals surface area contributed by atoms with Crippen molar-refractivity contribution >= 4 is 5.82 Å². The van der Waals surface area contributed by atoms with Gasteiger partial charge < -0.3 is 10.2 Å². The van der Waals surface area contributed by atoms with E-state index in [1.165, 1.54) is 5.56 Å². The second-order valence-electron chi connectivity index (χ2n) is 5.68. The zero-order valence-corrected chi connectivity index (χ0v) is 13.3. The molecule has 0 fully saturated rings. The number of nitrogens with zero attached hydrogens (tertiary/aromatic N) is 3. The van der Waals surface area contributed by atoms with Gasteiger partial charge in [-0.25, -0.2) is 4.98 Å². The highest BCUT2D eigenvalue weighted by Crippen LogP contribution is 2.14. The first-order valence-electron chi connectivity index (χ1n) is 7.36. The van der Waals surface area contributed by atoms with Gasteiger partial charge in [-0.15, -0.1) is 0 Å². The van der Waals surface area contributed by atoms with Gasteiger partial charge in [0.25, 0.3) is 0 Å². The second-order valence-corrected chi connectivity index (χ2v) is 5.68. The van der Waals surface area contributed by atoms with Gasteiger partial charge in [0.1, 0.15) is 5.82 Å². The minimum absolute atomic E-state index is 0.482. The predicted molar refractivity (Wildman–Crippen MR) is 87.3 cm³/mol. The number of hydrogen-bond acceptors (Lipinski definition) is 4. The second kappa shape index (κ2) is 7.18. The maximum Gasteiger partial charge on any atom is 0.128 e. The van der Waals surface area contributed by atoms with E-state index < -0.39 is 0 Å². The van der Waals surface area contributed by atoms with Crippen molar-refractivity contribution in [2.75, 3.05) is 11.9 Å². The Morgan fingerprint density at radius 1 is 1.24 bits per heavy atom. The van der Waals surface area contributed by atoms with Crippen LogP contribution in [0.1, 0.15) is 30.8 Å². The van der Waals surface area contributed by atoms with Gasteiger partial charge in [0.05, 0.1) is 12.2 Å². The van der Waals surface area contributed by atoms with Crippen LogP contribution in [0.4, 0.5) is 5.82 Å². The van der Waals surface area contributed by atoms with E-state index in [2.05, 4.69) is 46.2 Å². The fourth-order valence-corrected chi connectivity index (χ4v) is 2.11. The van der Waals surface area contributed by atoms with Crippen molar-refractivity contribution in [3.05, 3.63) is 53.5 Å². The third-order valence-electron chi connectivity index (χ3n) is 3.26. The Labute approximate surface area is 127 Å². The number of rotatable bonds is 6. The summed E-state index contributed by atoms with van der Waals surface area (Å²) in [6.07, 6.45) is 1.87. The Hall–Kier alpha value is -1.94. The lowest BCUT2D eigenvalue weighted by atomic mass is 10.2. The third kappa shape index (κ3) is 4.83. The molecular formula is C17H24N4. The molecule has 0 atom stereocenters. The number of aromatic nitrogens is 2. The van der Waals surface area contributed by atoms with Crippen molar-refractivity contribution in [1.29, 1.82) is 0 Å². The summed E-state index contributed by atoms with van der Waals surface area (Å²) >= 11 is 0. The van der Waals surface area contributed by atoms with Gasteiger partial charge >= 0.3 is 0 Å². The molecule has 0 aliphatic rings. The molecule has 0 amide bonds. The number of nitrogens with one attached hydrogen (secondary N) is 1. The normalized spacial score (nSPS) is 10.9. The fourth-order valence-electron chi connectivity index (χ4n) is 2.11. The molecule has 0 radical (unpaired) electrons. The largest absolute Gasteiger partial charge is 0.354 e. The molecule has 0 saturated heterocycles. The smallest absolute Gasteiger partial charge is 0.128 e. The summed E-state index contributed by atoms with van der Waals surface area (Å²) in [4.78, 5) is 11.1. The predicted octanol–water partition coefficient (Wildman–Crippen LogP) is 2.92. The minimum Gasteiger partial charge on any atom is -0.354 e. The molecule has 0 unspecified atom stereocenters. The molecule has 21 heavy (non-hydrogen) atoms. The van der Waals surface area contributed by atoms with Crippen LogP contribution in [0.5, 0.6) is 0 Å². The van der Waals surface area contributed by atoms with Crippen molar-refractivity contribution in [2.45, 2.75) is 39.9 Å². The molecule has 4 heteroatoms. The molecule has 2 rings (SSSR count). The minimum atomic E-state index is 0.482. The van der Waals surface area contributed by atoms with E-state index in [1.54, 1.807) is 0 Å². The number of aryl methyl sites for hydroxylation is 1. The summed E-state index contributed by atoms with van der Waals surface area (Å²) in [5.41, 5.74) is 3.35. The van der Waals surface area contributed by atoms with E-state index in [-0.39, 0.29) is 0 Å². The zero-order chi connectivity index (χ0) is 15.2. The molecule has 4 nitrogen and oxygen atoms in total. The van der Waals surface area contributed by atoms with Crippen LogP contribution in [0, 0.1) is 6.92 Å². The summed E-state index contributed by atoms with van der Waals surface area (Å²) < 4.78 is 0. The van der Waals surface area contributed by atoms with E-state index in [0.29, 0.717) is 6.04 Å². The van der Waals surface area contributed by atoms with Crippen molar-refractivity contribution in [3.8, 4) is 0 Å². The first-order valence-corrected chi connectivity index (χ1v) is 7.36. The van der Waals surface area contributed by atoms with Gasteiger partial charge in [-0.3, -0.25) is 4.98 Å². The Kier molecular flexibility index (Phi) is 5.28. The molecule has 112 valence electrons. The lowest BCUT2D eigenvalue weighted by Gasteiger charge is -2.19. The third-order valence-corrected chi connectivity index (χ3v) is 3.26. The quantitative estimate of drug-likeness (QED) is 0.885. The Bertz CT molecular complexity index is 581. The lowest BCUT2D eigenvalue weighted by Crippen LogP contribution is -2.22. The van der Waals surface area contributed by atoms with Gasteiger partial charge in [0.2, 0.25) is 0 Å². The molecule has 2 aromatic heterocycles. The number of anilines is 1. The molecule has 0 spiro atoms. The Morgan fingerprint density at radius 2 is 2.05 bits per heavy atom. The van der Waals surface area contributed by atoms with Crippen LogP contribution in [-0.2, 0) is 13.1 Å². The van der Waals surface area contributed by atoms with Gasteiger partial charge in [-0.2, -0.15) is 0 Å². The monoisotopic (exact) mass is 284 g/mol. The molecule has 0 bridgehead atoms. The molecule has 0 aromatic carbocycles. The van der Waals surface area contributed by atoms with Crippen LogP contribution in [-0.4, -0.2) is 23.1 Å². The standard InChI is InChI=1S/C17H24N4/c1-13(2)19-11-15-8-9-18-17(10-15)21(4)12-16-7-5-6-14(3)20-16/h5-10,13,19H,11-12H2,1-4H3. The van der Waals surface area contributed by atoms with Crippen LogP contribution >= 0.6 is 0 Å². The molecule has 2 heterocycles. The lowest BCUT2D eigenvalue weighted by molar-refractivity contribution is 0.588. The van der Waals surface area contributed by atoms with E-state index in [4.69, 9.17) is 0 Å². The fraction of sp³-hybridized carbons (Fsp3) is 0.412. The molecular weight excluding hydrogens is 260 g/mol. The topological polar surface area (TPSA) is 41.0 Å². The van der Waals surface area contributed by atoms with E-state index in [0.717, 1.165) is 30.3 Å². The van der Waals surface area contributed by atoms with Gasteiger partial charge in [0, 0.05) is 31.5 Å². The van der Waals surface area contributed by atoms with E-state index >= 15 is 0 Å². The van der Waals surface area contributed by atoms with Crippen molar-refractivity contribution in [1.82, 2.24) is 15.3 Å². The molecule has 0 saturated carbocycles. The average molecular weight is 284 g/mol. The van der Waals surface area contributed by atoms with Crippen molar-refractivity contribution < 1.29 is 0 Å². The van der Waals surface area contributed by atoms with E-state index in [9.17, 15) is 0 Å². The molecule has 0 aliphatic heterocycles. The van der Waals surface area contributed by atoms with Gasteiger partial charge in [-0.05, 0) is 36.8 Å². The average Bonchev–Trinajstić information content (AvgIpc) is 2.45. The highest BCUT2D eigenvalue weighted by molar-refractivity contribution is 5.40. The maximum absolute atomic E-state index is 4.54. The number of hydrogen-bond donors (Lipinski definition) is 1. The summed E-state index contributed by atoms with van der Waals surface area (Å²) in [6.45, 7) is 7.94. The van der Waals surface area contributed by atoms with Gasteiger partial charge in [0.15, 0.2) is 0 Å². The maximum atomic E-state index is 4.54. The van der Waals surface area contributed by atoms with Crippen LogP contribution < -0.4 is 10.2 Å². The first-order chi connectivity index (χ1) is 10.0. The number of pyridine rings is 2. The SMILES string of the molecule is Cc1cccc(CN(C)c2cc(CNC(C)C)ccn2)n1. The van der Waals surface area contributed by atoms with Crippen LogP contribution in [0.3, 0.4) is 0 Å². The highest BCUT2D eigenvalue weighted by Gasteiger charge is 2.06. The van der Waals surface area contributed by atoms with E-state index in [1.807, 2.05) is 38.4 Å². The Morgan fingerprint density at radius 3 is 2.76 bits per heavy atom. The molecule has 0 aliphatic carbocycles. The van der Waals surface area contributed by atoms with Gasteiger partial charge in [-0.1, -0.05) is 19.9 Å². The Balaban J connectivity index is 2.05. The zero-order valence-electron chi connectivity index (χ0n) is 13.3. The molecule has 2 aromatic rings. The van der Waals surface area contributed by atoms with Crippen molar-refractivity contribution in [3.63, 3.8) is 0 Å². The van der Waals surface area contributed by atoms with Crippen molar-refractivity contribution in [2.24, 2.45) is 0 Å². The van der Waals surface area contributed by atoms with Crippen LogP contribution in [0.2, 0.25) is 0 Å². The van der Waals surface area contributed by atoms with Crippen LogP contribution in [0.15, 0.2) is 36.5 Å². The highest BCUT2D eigenvalue weighted by atomic mass is 15.2. The summed E-state index contributed by atoms with van der Waals surface area (Å²) in [5.74, 6) is 0.973. The summed E-state index contributed by atoms with van der Waals surface area (Å²) in [5, 5.41) is 3.43. The van der Waals surface area contributed by atoms with Crippen LogP contribution in [0.25, 0.3) is 0 Å². The molecule has 1 N–H and O–H groups in total.